The third-order valence-corrected chi connectivity index (χ3v) is 5.28. The molecule has 0 spiro atoms. The molecule has 8 heteroatoms. The highest BCUT2D eigenvalue weighted by Gasteiger charge is 2.22. The Bertz CT molecular complexity index is 653. The minimum atomic E-state index is -0.00282. The molecule has 0 saturated carbocycles. The molecule has 1 aliphatic rings. The number of unbranched alkanes of at least 4 members (excludes halogenated alkanes) is 1. The Hall–Kier alpha value is -2.12. The molecule has 2 atom stereocenters. The van der Waals surface area contributed by atoms with Gasteiger partial charge in [0.25, 0.3) is 0 Å². The van der Waals surface area contributed by atoms with Crippen LogP contribution in [-0.2, 0) is 17.8 Å². The quantitative estimate of drug-likeness (QED) is 0.495. The van der Waals surface area contributed by atoms with Crippen LogP contribution in [0.25, 0.3) is 0 Å². The van der Waals surface area contributed by atoms with E-state index in [4.69, 9.17) is 0 Å². The lowest BCUT2D eigenvalue weighted by Crippen LogP contribution is -2.48. The van der Waals surface area contributed by atoms with Crippen molar-refractivity contribution in [2.45, 2.75) is 71.9 Å². The van der Waals surface area contributed by atoms with Crippen molar-refractivity contribution in [3.05, 3.63) is 11.6 Å². The van der Waals surface area contributed by atoms with Gasteiger partial charge in [-0.25, -0.2) is 14.7 Å². The number of carbonyl (C=O) groups is 1. The number of guanidine groups is 1. The van der Waals surface area contributed by atoms with E-state index in [9.17, 15) is 4.79 Å². The number of hydrogen-bond acceptors (Lipinski definition) is 4. The van der Waals surface area contributed by atoms with E-state index in [-0.39, 0.29) is 18.5 Å². The summed E-state index contributed by atoms with van der Waals surface area (Å²) in [5.41, 5.74) is 0. The topological polar surface area (TPSA) is 87.4 Å². The van der Waals surface area contributed by atoms with Gasteiger partial charge in [0.05, 0.1) is 6.54 Å². The fraction of sp³-hybridized carbons (Fsp3) is 0.800. The molecule has 2 heterocycles. The van der Waals surface area contributed by atoms with Crippen LogP contribution in [0.4, 0.5) is 0 Å². The van der Waals surface area contributed by atoms with Gasteiger partial charge in [-0.3, -0.25) is 4.79 Å². The number of nitrogens with zero attached hydrogens (tertiary/aromatic N) is 5. The van der Waals surface area contributed by atoms with Gasteiger partial charge in [-0.1, -0.05) is 33.1 Å². The summed E-state index contributed by atoms with van der Waals surface area (Å²) in [6.07, 6.45) is 6.70. The van der Waals surface area contributed by atoms with Gasteiger partial charge < -0.3 is 15.5 Å². The van der Waals surface area contributed by atoms with Crippen LogP contribution in [0, 0.1) is 12.8 Å². The van der Waals surface area contributed by atoms with E-state index in [0.717, 1.165) is 50.0 Å². The van der Waals surface area contributed by atoms with Crippen LogP contribution in [0.2, 0.25) is 0 Å². The maximum Gasteiger partial charge on any atom is 0.243 e. The Labute approximate surface area is 169 Å². The largest absolute Gasteiger partial charge is 0.356 e. The Balaban J connectivity index is 1.99. The summed E-state index contributed by atoms with van der Waals surface area (Å²) < 4.78 is 1.98. The van der Waals surface area contributed by atoms with E-state index >= 15 is 0 Å². The minimum Gasteiger partial charge on any atom is -0.356 e. The molecule has 1 amide bonds. The molecule has 0 saturated heterocycles. The first-order chi connectivity index (χ1) is 13.4. The van der Waals surface area contributed by atoms with Crippen molar-refractivity contribution < 1.29 is 4.79 Å². The fourth-order valence-electron chi connectivity index (χ4n) is 3.37. The Morgan fingerprint density at radius 3 is 2.86 bits per heavy atom. The monoisotopic (exact) mass is 391 g/mol. The van der Waals surface area contributed by atoms with Gasteiger partial charge in [-0.05, 0) is 25.7 Å². The number of aryl methyl sites for hydroxylation is 2. The van der Waals surface area contributed by atoms with Crippen LogP contribution in [-0.4, -0.2) is 64.8 Å². The van der Waals surface area contributed by atoms with Crippen molar-refractivity contribution in [3.63, 3.8) is 0 Å². The second kappa shape index (κ2) is 11.0. The number of carbonyl (C=O) groups excluding carboxylic acids is 1. The molecule has 0 fully saturated rings. The van der Waals surface area contributed by atoms with Gasteiger partial charge in [-0.2, -0.15) is 5.10 Å². The Morgan fingerprint density at radius 1 is 1.39 bits per heavy atom. The average molecular weight is 392 g/mol. The molecule has 2 N–H and O–H groups in total. The van der Waals surface area contributed by atoms with Gasteiger partial charge in [0.2, 0.25) is 5.91 Å². The number of hydrogen-bond donors (Lipinski definition) is 2. The lowest BCUT2D eigenvalue weighted by Gasteiger charge is -2.26. The highest BCUT2D eigenvalue weighted by atomic mass is 16.2. The molecule has 2 unspecified atom stereocenters. The molecule has 0 aliphatic carbocycles. The second-order valence-electron chi connectivity index (χ2n) is 7.89. The fourth-order valence-corrected chi connectivity index (χ4v) is 3.37. The van der Waals surface area contributed by atoms with Gasteiger partial charge in [-0.15, -0.1) is 0 Å². The van der Waals surface area contributed by atoms with E-state index in [1.54, 1.807) is 19.0 Å². The molecule has 158 valence electrons. The van der Waals surface area contributed by atoms with E-state index in [1.165, 1.54) is 19.3 Å². The first kappa shape index (κ1) is 22.2. The molecule has 1 aromatic heterocycles. The third kappa shape index (κ3) is 6.80. The summed E-state index contributed by atoms with van der Waals surface area (Å²) in [5, 5.41) is 11.5. The number of aromatic nitrogens is 3. The van der Waals surface area contributed by atoms with Crippen molar-refractivity contribution in [2.24, 2.45) is 10.9 Å². The van der Waals surface area contributed by atoms with Crippen LogP contribution in [0.5, 0.6) is 0 Å². The summed E-state index contributed by atoms with van der Waals surface area (Å²) in [7, 11) is 3.51. The SMILES string of the molecule is CCCCC(CC)CNC(=NCC(=O)N(C)C)NC1CCc2nc(C)nn2C1. The smallest absolute Gasteiger partial charge is 0.243 e. The van der Waals surface area contributed by atoms with E-state index < -0.39 is 0 Å². The summed E-state index contributed by atoms with van der Waals surface area (Å²) in [6, 6.07) is 0.227. The molecule has 2 rings (SSSR count). The maximum absolute atomic E-state index is 12.0. The van der Waals surface area contributed by atoms with Gasteiger partial charge in [0.15, 0.2) is 5.96 Å². The summed E-state index contributed by atoms with van der Waals surface area (Å²) >= 11 is 0. The lowest BCUT2D eigenvalue weighted by molar-refractivity contribution is -0.127. The number of aliphatic imine (C=N–C) groups is 1. The number of rotatable bonds is 9. The Morgan fingerprint density at radius 2 is 2.18 bits per heavy atom. The zero-order valence-corrected chi connectivity index (χ0v) is 18.2. The van der Waals surface area contributed by atoms with Crippen LogP contribution in [0.1, 0.15) is 57.6 Å². The lowest BCUT2D eigenvalue weighted by atomic mass is 9.99. The second-order valence-corrected chi connectivity index (χ2v) is 7.89. The zero-order valence-electron chi connectivity index (χ0n) is 18.2. The normalized spacial score (nSPS) is 17.8. The maximum atomic E-state index is 12.0. The molecule has 1 aliphatic heterocycles. The highest BCUT2D eigenvalue weighted by molar-refractivity contribution is 5.84. The zero-order chi connectivity index (χ0) is 20.5. The van der Waals surface area contributed by atoms with Gasteiger partial charge in [0.1, 0.15) is 18.2 Å². The van der Waals surface area contributed by atoms with Crippen molar-refractivity contribution >= 4 is 11.9 Å². The van der Waals surface area contributed by atoms with E-state index in [1.807, 2.05) is 11.6 Å². The molecule has 0 radical (unpaired) electrons. The molecule has 1 aromatic rings. The first-order valence-electron chi connectivity index (χ1n) is 10.6. The van der Waals surface area contributed by atoms with E-state index in [2.05, 4.69) is 39.6 Å². The molecule has 28 heavy (non-hydrogen) atoms. The predicted molar refractivity (Wildman–Crippen MR) is 112 cm³/mol. The molecular weight excluding hydrogens is 354 g/mol. The highest BCUT2D eigenvalue weighted by Crippen LogP contribution is 2.13. The number of nitrogens with one attached hydrogen (secondary N) is 2. The van der Waals surface area contributed by atoms with Crippen LogP contribution in [0.15, 0.2) is 4.99 Å². The van der Waals surface area contributed by atoms with Crippen LogP contribution < -0.4 is 10.6 Å². The van der Waals surface area contributed by atoms with Crippen molar-refractivity contribution in [1.29, 1.82) is 0 Å². The van der Waals surface area contributed by atoms with Gasteiger partial charge >= 0.3 is 0 Å². The standard InChI is InChI=1S/C20H37N7O/c1-6-8-9-16(7-2)12-21-20(22-13-19(28)26(4)5)24-17-10-11-18-23-15(3)25-27(18)14-17/h16-17H,6-14H2,1-5H3,(H2,21,22,24). The molecule has 0 aromatic carbocycles. The average Bonchev–Trinajstić information content (AvgIpc) is 3.04. The molecule has 8 nitrogen and oxygen atoms in total. The number of amides is 1. The third-order valence-electron chi connectivity index (χ3n) is 5.28. The van der Waals surface area contributed by atoms with Crippen LogP contribution >= 0.6 is 0 Å². The molecular formula is C20H37N7O. The summed E-state index contributed by atoms with van der Waals surface area (Å²) in [6.45, 7) is 8.18. The molecule has 0 bridgehead atoms. The first-order valence-corrected chi connectivity index (χ1v) is 10.6. The van der Waals surface area contributed by atoms with E-state index in [0.29, 0.717) is 5.92 Å². The Kier molecular flexibility index (Phi) is 8.73. The summed E-state index contributed by atoms with van der Waals surface area (Å²) in [5.74, 6) is 3.20. The van der Waals surface area contributed by atoms with Crippen molar-refractivity contribution in [3.8, 4) is 0 Å². The number of fused-ring (bicyclic) bond motifs is 1. The van der Waals surface area contributed by atoms with Crippen molar-refractivity contribution in [2.75, 3.05) is 27.2 Å². The van der Waals surface area contributed by atoms with Gasteiger partial charge in [0, 0.05) is 33.1 Å². The number of likely N-dealkylation sites (N-methyl/N-ethyl adjacent to an activating group) is 1. The summed E-state index contributed by atoms with van der Waals surface area (Å²) in [4.78, 5) is 22.6. The predicted octanol–water partition coefficient (Wildman–Crippen LogP) is 1.74. The van der Waals surface area contributed by atoms with Crippen LogP contribution in [0.3, 0.4) is 0 Å². The minimum absolute atomic E-state index is 0.00282. The van der Waals surface area contributed by atoms with Crippen molar-refractivity contribution in [1.82, 2.24) is 30.3 Å².